The van der Waals surface area contributed by atoms with Crippen LogP contribution in [0.4, 0.5) is 0 Å². The van der Waals surface area contributed by atoms with E-state index < -0.39 is 0 Å². The van der Waals surface area contributed by atoms with Gasteiger partial charge in [-0.05, 0) is 107 Å². The highest BCUT2D eigenvalue weighted by Gasteiger charge is 2.31. The number of amides is 1. The number of hydrogen-bond acceptors (Lipinski definition) is 5. The van der Waals surface area contributed by atoms with Gasteiger partial charge >= 0.3 is 0 Å². The van der Waals surface area contributed by atoms with E-state index in [1.54, 1.807) is 18.7 Å². The quantitative estimate of drug-likeness (QED) is 0.0351. The number of nitrogens with one attached hydrogen (secondary N) is 3. The number of rotatable bonds is 20. The maximum Gasteiger partial charge on any atom is 0.233 e. The molecule has 52 heavy (non-hydrogen) atoms. The lowest BCUT2D eigenvalue weighted by Crippen LogP contribution is -2.34. The molecule has 0 aromatic heterocycles. The number of unbranched alkanes of at least 4 members (excludes halogenated alkanes) is 2. The van der Waals surface area contributed by atoms with Crippen LogP contribution < -0.4 is 21.3 Å². The third-order valence-corrected chi connectivity index (χ3v) is 8.69. The van der Waals surface area contributed by atoms with Crippen LogP contribution in [0.15, 0.2) is 66.3 Å². The number of allylic oxidation sites excluding steroid dienone is 5. The average molecular weight is 744 g/mol. The van der Waals surface area contributed by atoms with Gasteiger partial charge in [0.2, 0.25) is 5.91 Å². The van der Waals surface area contributed by atoms with Crippen molar-refractivity contribution >= 4 is 26.7 Å². The SMILES string of the molecule is C=C/C(CCC)=C(\C=C)CCCNC(=O)CNC.CCC(C)C.CCC=O.CCCC/C=C(\C)C(NCC(C)C)C1CC1.Cc1ccc(O)c(P)c1. The first-order chi connectivity index (χ1) is 24.7. The summed E-state index contributed by atoms with van der Waals surface area (Å²) in [6, 6.07) is 6.15. The Balaban J connectivity index is -0.000000638. The number of phenols is 1. The van der Waals surface area contributed by atoms with Crippen LogP contribution in [0.2, 0.25) is 0 Å². The summed E-state index contributed by atoms with van der Waals surface area (Å²) in [6.45, 7) is 31.7. The normalized spacial score (nSPS) is 13.0. The Morgan fingerprint density at radius 2 is 1.56 bits per heavy atom. The fourth-order valence-electron chi connectivity index (χ4n) is 4.61. The highest BCUT2D eigenvalue weighted by Crippen LogP contribution is 2.35. The largest absolute Gasteiger partial charge is 0.507 e. The smallest absolute Gasteiger partial charge is 0.233 e. The Morgan fingerprint density at radius 3 is 1.96 bits per heavy atom. The van der Waals surface area contributed by atoms with Crippen molar-refractivity contribution in [2.45, 2.75) is 146 Å². The molecule has 1 aliphatic carbocycles. The van der Waals surface area contributed by atoms with Crippen molar-refractivity contribution in [1.82, 2.24) is 16.0 Å². The molecule has 0 spiro atoms. The monoisotopic (exact) mass is 744 g/mol. The predicted molar refractivity (Wildman–Crippen MR) is 235 cm³/mol. The van der Waals surface area contributed by atoms with Gasteiger partial charge in [0.15, 0.2) is 0 Å². The molecule has 6 nitrogen and oxygen atoms in total. The zero-order valence-electron chi connectivity index (χ0n) is 35.5. The van der Waals surface area contributed by atoms with Gasteiger partial charge in [-0.3, -0.25) is 4.79 Å². The standard InChI is InChI=1S/C15H26N2O.C15H29N.C7H9OP.C5H12.C3H6O/c1-5-9-13(6-2)14(7-3)10-8-11-17-15(18)12-16-4;1-5-6-7-8-13(4)15(14-9-10-14)16-11-12(2)3;1-5-2-3-6(8)7(9)4-5;1-4-5(2)3;1-2-3-4/h6-7,16H,2-3,5,8-12H2,1,4H3,(H,17,18);8,12,14-16H,5-7,9-11H2,1-4H3;2-4,8H,9H2,1H3;5H,4H2,1-3H3;3H,2H2,1H3/b14-13-;13-8+;;;. The first-order valence-electron chi connectivity index (χ1n) is 20.0. The third kappa shape index (κ3) is 33.3. The van der Waals surface area contributed by atoms with Crippen molar-refractivity contribution in [3.8, 4) is 5.75 Å². The third-order valence-electron chi connectivity index (χ3n) is 8.23. The highest BCUT2D eigenvalue weighted by molar-refractivity contribution is 7.27. The van der Waals surface area contributed by atoms with Gasteiger partial charge in [-0.1, -0.05) is 130 Å². The zero-order valence-corrected chi connectivity index (χ0v) is 36.7. The Labute approximate surface area is 324 Å². The fourth-order valence-corrected chi connectivity index (χ4v) is 4.97. The number of hydrogen-bond donors (Lipinski definition) is 4. The first kappa shape index (κ1) is 53.8. The molecule has 2 unspecified atom stereocenters. The number of phenolic OH excluding ortho intramolecular Hbond substituents is 1. The second kappa shape index (κ2) is 36.8. The molecule has 1 saturated carbocycles. The van der Waals surface area contributed by atoms with Crippen LogP contribution in [0.1, 0.15) is 139 Å². The van der Waals surface area contributed by atoms with Crippen LogP contribution >= 0.6 is 9.24 Å². The van der Waals surface area contributed by atoms with Crippen LogP contribution in [0, 0.1) is 24.7 Å². The van der Waals surface area contributed by atoms with E-state index in [-0.39, 0.29) is 5.91 Å². The van der Waals surface area contributed by atoms with Crippen molar-refractivity contribution in [1.29, 1.82) is 0 Å². The van der Waals surface area contributed by atoms with E-state index in [2.05, 4.69) is 99.8 Å². The number of carbonyl (C=O) groups excluding carboxylic acids is 2. The van der Waals surface area contributed by atoms with Crippen LogP contribution in [0.25, 0.3) is 0 Å². The highest BCUT2D eigenvalue weighted by atomic mass is 31.0. The lowest BCUT2D eigenvalue weighted by atomic mass is 9.99. The van der Waals surface area contributed by atoms with Crippen molar-refractivity contribution in [3.05, 3.63) is 71.9 Å². The summed E-state index contributed by atoms with van der Waals surface area (Å²) >= 11 is 0. The molecule has 4 N–H and O–H groups in total. The van der Waals surface area contributed by atoms with Crippen molar-refractivity contribution in [2.75, 3.05) is 26.7 Å². The van der Waals surface area contributed by atoms with E-state index in [9.17, 15) is 9.59 Å². The van der Waals surface area contributed by atoms with E-state index in [4.69, 9.17) is 5.11 Å². The minimum atomic E-state index is 0.0409. The van der Waals surface area contributed by atoms with Crippen molar-refractivity contribution < 1.29 is 14.7 Å². The zero-order chi connectivity index (χ0) is 40.3. The Hall–Kier alpha value is -2.53. The second-order valence-electron chi connectivity index (χ2n) is 14.3. The maximum atomic E-state index is 11.2. The van der Waals surface area contributed by atoms with Crippen LogP contribution in [-0.2, 0) is 9.59 Å². The average Bonchev–Trinajstić information content (AvgIpc) is 3.96. The molecule has 1 amide bonds. The lowest BCUT2D eigenvalue weighted by molar-refractivity contribution is -0.120. The number of aldehydes is 1. The molecule has 2 rings (SSSR count). The Kier molecular flexibility index (Phi) is 38.1. The molecular formula is C45H82N3O3P. The van der Waals surface area contributed by atoms with Gasteiger partial charge in [-0.2, -0.15) is 0 Å². The number of carbonyl (C=O) groups is 2. The molecule has 1 aromatic rings. The Morgan fingerprint density at radius 1 is 0.981 bits per heavy atom. The lowest BCUT2D eigenvalue weighted by Gasteiger charge is -2.20. The minimum Gasteiger partial charge on any atom is -0.507 e. The van der Waals surface area contributed by atoms with Crippen molar-refractivity contribution in [2.24, 2.45) is 17.8 Å². The summed E-state index contributed by atoms with van der Waals surface area (Å²) in [5, 5.41) is 19.3. The number of benzene rings is 1. The number of aryl methyl sites for hydroxylation is 1. The van der Waals surface area contributed by atoms with E-state index >= 15 is 0 Å². The first-order valence-corrected chi connectivity index (χ1v) is 20.6. The molecular weight excluding hydrogens is 661 g/mol. The fraction of sp³-hybridized carbons (Fsp3) is 0.644. The maximum absolute atomic E-state index is 11.2. The van der Waals surface area contributed by atoms with Gasteiger partial charge < -0.3 is 25.9 Å². The van der Waals surface area contributed by atoms with E-state index in [1.165, 1.54) is 49.7 Å². The van der Waals surface area contributed by atoms with E-state index in [0.717, 1.165) is 67.1 Å². The van der Waals surface area contributed by atoms with Crippen LogP contribution in [0.5, 0.6) is 5.75 Å². The Bertz CT molecular complexity index is 1120. The molecule has 1 fully saturated rings. The van der Waals surface area contributed by atoms with E-state index in [1.807, 2.05) is 38.1 Å². The van der Waals surface area contributed by atoms with Crippen molar-refractivity contribution in [3.63, 3.8) is 0 Å². The number of likely N-dealkylation sites (N-methyl/N-ethyl adjacent to an activating group) is 1. The molecule has 1 aliphatic rings. The molecule has 0 radical (unpaired) electrons. The minimum absolute atomic E-state index is 0.0409. The second-order valence-corrected chi connectivity index (χ2v) is 15.0. The van der Waals surface area contributed by atoms with Gasteiger partial charge in [0, 0.05) is 24.3 Å². The van der Waals surface area contributed by atoms with Gasteiger partial charge in [0.1, 0.15) is 12.0 Å². The summed E-state index contributed by atoms with van der Waals surface area (Å²) < 4.78 is 0. The molecule has 0 saturated heterocycles. The summed E-state index contributed by atoms with van der Waals surface area (Å²) in [5.41, 5.74) is 5.26. The van der Waals surface area contributed by atoms with Gasteiger partial charge in [-0.25, -0.2) is 0 Å². The molecule has 7 heteroatoms. The van der Waals surface area contributed by atoms with Gasteiger partial charge in [-0.15, -0.1) is 9.24 Å². The molecule has 1 aromatic carbocycles. The summed E-state index contributed by atoms with van der Waals surface area (Å²) in [7, 11) is 4.23. The van der Waals surface area contributed by atoms with Crippen LogP contribution in [0.3, 0.4) is 0 Å². The summed E-state index contributed by atoms with van der Waals surface area (Å²) in [5.74, 6) is 2.95. The molecule has 0 aliphatic heterocycles. The topological polar surface area (TPSA) is 90.5 Å². The molecule has 2 atom stereocenters. The van der Waals surface area contributed by atoms with Crippen LogP contribution in [-0.4, -0.2) is 50.0 Å². The van der Waals surface area contributed by atoms with E-state index in [0.29, 0.717) is 31.3 Å². The summed E-state index contributed by atoms with van der Waals surface area (Å²) in [6.07, 6.45) is 19.9. The molecule has 0 heterocycles. The number of aromatic hydroxyl groups is 1. The molecule has 300 valence electrons. The van der Waals surface area contributed by atoms with Gasteiger partial charge in [0.25, 0.3) is 0 Å². The molecule has 0 bridgehead atoms. The predicted octanol–water partition coefficient (Wildman–Crippen LogP) is 10.6. The summed E-state index contributed by atoms with van der Waals surface area (Å²) in [4.78, 5) is 20.4. The van der Waals surface area contributed by atoms with Gasteiger partial charge in [0.05, 0.1) is 6.54 Å².